The van der Waals surface area contributed by atoms with E-state index in [1.807, 2.05) is 72.4 Å². The second kappa shape index (κ2) is 39.8. The number of nitrogens with zero attached hydrogens (tertiary/aromatic N) is 4. The molecule has 2 saturated heterocycles. The van der Waals surface area contributed by atoms with Crippen LogP contribution in [0.25, 0.3) is 0 Å². The number of rotatable bonds is 40. The van der Waals surface area contributed by atoms with E-state index in [0.717, 1.165) is 6.92 Å². The molecular formula is C72H111F4N9O13. The van der Waals surface area contributed by atoms with E-state index in [0.29, 0.717) is 63.0 Å². The molecule has 2 aliphatic heterocycles. The molecule has 2 aromatic carbocycles. The van der Waals surface area contributed by atoms with Gasteiger partial charge in [0.25, 0.3) is 0 Å². The van der Waals surface area contributed by atoms with Gasteiger partial charge in [-0.2, -0.15) is 8.78 Å². The first-order valence-electron chi connectivity index (χ1n) is 34.7. The number of carbonyl (C=O) groups is 10. The Kier molecular flexibility index (Phi) is 33.9. The van der Waals surface area contributed by atoms with Crippen LogP contribution in [0.3, 0.4) is 0 Å². The molecule has 2 fully saturated rings. The van der Waals surface area contributed by atoms with Crippen LogP contribution in [0.4, 0.5) is 28.0 Å². The fourth-order valence-corrected chi connectivity index (χ4v) is 13.8. The Morgan fingerprint density at radius 3 is 1.92 bits per heavy atom. The number of likely N-dealkylation sites (tertiary alicyclic amines) is 2. The van der Waals surface area contributed by atoms with Gasteiger partial charge < -0.3 is 55.9 Å². The van der Waals surface area contributed by atoms with Gasteiger partial charge in [-0.3, -0.25) is 48.1 Å². The molecule has 0 saturated carbocycles. The van der Waals surface area contributed by atoms with Crippen LogP contribution >= 0.6 is 0 Å². The summed E-state index contributed by atoms with van der Waals surface area (Å²) in [5.41, 5.74) is 5.47. The number of methoxy groups -OCH3 is 2. The van der Waals surface area contributed by atoms with Crippen LogP contribution in [0, 0.1) is 77.5 Å². The second-order valence-corrected chi connectivity index (χ2v) is 28.1. The molecule has 0 spiro atoms. The topological polar surface area (TPSA) is 285 Å². The number of carbonyl (C=O) groups excluding carboxylic acids is 10. The lowest BCUT2D eigenvalue weighted by molar-refractivity contribution is -0.149. The van der Waals surface area contributed by atoms with Gasteiger partial charge in [0.05, 0.1) is 48.7 Å². The number of amides is 7. The Morgan fingerprint density at radius 1 is 0.724 bits per heavy atom. The van der Waals surface area contributed by atoms with Gasteiger partial charge in [0.15, 0.2) is 23.2 Å². The highest BCUT2D eigenvalue weighted by molar-refractivity contribution is 5.97. The molecule has 0 aromatic heterocycles. The van der Waals surface area contributed by atoms with Gasteiger partial charge in [-0.15, -0.1) is 0 Å². The monoisotopic (exact) mass is 1390 g/mol. The zero-order valence-corrected chi connectivity index (χ0v) is 60.6. The summed E-state index contributed by atoms with van der Waals surface area (Å²) in [7, 11) is 8.52. The third-order valence-corrected chi connectivity index (χ3v) is 19.7. The van der Waals surface area contributed by atoms with E-state index in [1.54, 1.807) is 61.9 Å². The number of Topliss-reactive ketones (excluding diaryl/α,β-unsaturated/α-hetero) is 3. The number of urea groups is 1. The third kappa shape index (κ3) is 23.6. The van der Waals surface area contributed by atoms with Crippen molar-refractivity contribution in [1.82, 2.24) is 35.6 Å². The number of nitrogens with one attached hydrogen (secondary N) is 4. The number of ketones is 3. The Hall–Kier alpha value is -6.90. The summed E-state index contributed by atoms with van der Waals surface area (Å²) >= 11 is 0. The van der Waals surface area contributed by atoms with Gasteiger partial charge in [-0.1, -0.05) is 80.9 Å². The van der Waals surface area contributed by atoms with Gasteiger partial charge in [0.1, 0.15) is 5.78 Å². The molecule has 12 atom stereocenters. The number of hydrogen-bond acceptors (Lipinski definition) is 15. The van der Waals surface area contributed by atoms with E-state index in [9.17, 15) is 65.5 Å². The van der Waals surface area contributed by atoms with Crippen molar-refractivity contribution in [3.05, 3.63) is 58.7 Å². The number of piperidine rings is 1. The van der Waals surface area contributed by atoms with Crippen LogP contribution in [0.1, 0.15) is 170 Å². The number of benzene rings is 2. The van der Waals surface area contributed by atoms with Crippen molar-refractivity contribution < 1.29 is 79.7 Å². The van der Waals surface area contributed by atoms with Crippen molar-refractivity contribution in [3.8, 4) is 5.75 Å². The maximum Gasteiger partial charge on any atom is 0.314 e. The Morgan fingerprint density at radius 2 is 1.37 bits per heavy atom. The SMILES string of the molecule is CC[C@H](C)[C@@H]([C@@H](CC(=O)N1CCC[C@H]1[C@H](OC)[C@@H](C)C(=O)CCC(=O)NCc1ccc(NC(=O)[C@H](CCCNC(N)=O)CC(=O)[C@@H](NC(=O)CCCN2CCC(C(=O)Oc3c(F)c(F)c(C)c(F)c3F)CC2C)C(C)C)cc1)OC)N(C)C(=O)[C@@H](CC(=O)[C@H](C(C)C)N(C)C)C(C)C. The number of halogens is 4. The Bertz CT molecular complexity index is 3010. The predicted octanol–water partition coefficient (Wildman–Crippen LogP) is 8.84. The maximum atomic E-state index is 14.5. The molecule has 98 heavy (non-hydrogen) atoms. The van der Waals surface area contributed by atoms with E-state index in [-0.39, 0.29) is 142 Å². The summed E-state index contributed by atoms with van der Waals surface area (Å²) in [6.07, 6.45) is 1.56. The smallest absolute Gasteiger partial charge is 0.314 e. The quantitative estimate of drug-likeness (QED) is 0.0137. The number of nitrogens with two attached hydrogens (primary N) is 1. The van der Waals surface area contributed by atoms with Crippen molar-refractivity contribution in [3.63, 3.8) is 0 Å². The summed E-state index contributed by atoms with van der Waals surface area (Å²) in [5, 5.41) is 11.0. The third-order valence-electron chi connectivity index (χ3n) is 19.7. The minimum absolute atomic E-state index is 0.00629. The minimum Gasteiger partial charge on any atom is -0.420 e. The van der Waals surface area contributed by atoms with Crippen LogP contribution in [0.5, 0.6) is 5.75 Å². The summed E-state index contributed by atoms with van der Waals surface area (Å²) in [6.45, 7) is 21.3. The standard InChI is InChI=1S/C72H111F4N9O13/c1-17-43(8)66(83(14)70(93)51(40(2)3)37-55(88)65(42(6)7)82(12)13)56(96-15)38-59(91)85-33-19-22-52(85)67(97-16)45(10)53(86)28-29-57(89)79-39-47-24-26-50(27-25-47)80-69(92)48(21-18-31-78-72(77)95)36-54(87)64(41(4)5)81-58(90)23-20-32-84-34-30-49(35-44(84)9)71(94)98-68-62(75)60(73)46(11)61(74)63(68)76/h24-27,40-45,48-49,51-52,56,64-67H,17-23,28-39H2,1-16H3,(H,79,89)(H,80,92)(H,81,90)(H3,77,78,95)/t43-,44?,45-,48+,49?,51-,52-,56+,64-,65-,66-,67+/m0/s1. The van der Waals surface area contributed by atoms with E-state index in [2.05, 4.69) is 21.3 Å². The highest BCUT2D eigenvalue weighted by Crippen LogP contribution is 2.35. The maximum absolute atomic E-state index is 14.5. The Labute approximate surface area is 577 Å². The molecule has 550 valence electrons. The van der Waals surface area contributed by atoms with Crippen molar-refractivity contribution in [2.24, 2.45) is 53.1 Å². The molecule has 2 unspecified atom stereocenters. The van der Waals surface area contributed by atoms with Gasteiger partial charge in [0.2, 0.25) is 46.9 Å². The molecule has 4 rings (SSSR count). The fourth-order valence-electron chi connectivity index (χ4n) is 13.8. The van der Waals surface area contributed by atoms with E-state index >= 15 is 0 Å². The van der Waals surface area contributed by atoms with Gasteiger partial charge in [-0.25, -0.2) is 13.6 Å². The minimum atomic E-state index is -1.80. The predicted molar refractivity (Wildman–Crippen MR) is 364 cm³/mol. The van der Waals surface area contributed by atoms with Crippen LogP contribution in [-0.4, -0.2) is 182 Å². The lowest BCUT2D eigenvalue weighted by atomic mass is 9.83. The fraction of sp³-hybridized carbons (Fsp3) is 0.694. The van der Waals surface area contributed by atoms with Gasteiger partial charge in [-0.05, 0) is 127 Å². The average Bonchev–Trinajstić information content (AvgIpc) is 1.08. The summed E-state index contributed by atoms with van der Waals surface area (Å²) in [4.78, 5) is 143. The first kappa shape index (κ1) is 83.5. The molecule has 6 N–H and O–H groups in total. The van der Waals surface area contributed by atoms with E-state index in [1.165, 1.54) is 14.2 Å². The van der Waals surface area contributed by atoms with Crippen molar-refractivity contribution in [2.75, 3.05) is 66.9 Å². The molecule has 2 heterocycles. The summed E-state index contributed by atoms with van der Waals surface area (Å²) in [5.74, 6) is -15.0. The number of hydrogen-bond donors (Lipinski definition) is 5. The second-order valence-electron chi connectivity index (χ2n) is 28.1. The van der Waals surface area contributed by atoms with Crippen molar-refractivity contribution in [1.29, 1.82) is 0 Å². The number of primary amides is 1. The molecule has 22 nitrogen and oxygen atoms in total. The summed E-state index contributed by atoms with van der Waals surface area (Å²) < 4.78 is 74.0. The zero-order chi connectivity index (χ0) is 73.6. The molecule has 0 bridgehead atoms. The van der Waals surface area contributed by atoms with Crippen molar-refractivity contribution >= 4 is 64.6 Å². The first-order chi connectivity index (χ1) is 46.1. The van der Waals surface area contributed by atoms with Crippen LogP contribution in [-0.2, 0) is 59.2 Å². The number of esters is 1. The molecule has 0 aliphatic carbocycles. The van der Waals surface area contributed by atoms with Crippen molar-refractivity contribution in [2.45, 2.75) is 215 Å². The highest BCUT2D eigenvalue weighted by Gasteiger charge is 2.44. The van der Waals surface area contributed by atoms with Crippen LogP contribution in [0.15, 0.2) is 24.3 Å². The largest absolute Gasteiger partial charge is 0.420 e. The number of anilines is 1. The normalized spacial score (nSPS) is 18.7. The van der Waals surface area contributed by atoms with Crippen LogP contribution < -0.4 is 31.7 Å². The molecular weight excluding hydrogens is 1270 g/mol. The first-order valence-corrected chi connectivity index (χ1v) is 34.7. The summed E-state index contributed by atoms with van der Waals surface area (Å²) in [6, 6.07) is 3.49. The van der Waals surface area contributed by atoms with Gasteiger partial charge >= 0.3 is 12.0 Å². The molecule has 2 aliphatic rings. The molecule has 26 heteroatoms. The number of ether oxygens (including phenoxy) is 3. The van der Waals surface area contributed by atoms with Gasteiger partial charge in [0, 0.05) is 108 Å². The number of likely N-dealkylation sites (N-methyl/N-ethyl adjacent to an activating group) is 2. The van der Waals surface area contributed by atoms with E-state index in [4.69, 9.17) is 19.9 Å². The molecule has 2 aromatic rings. The highest BCUT2D eigenvalue weighted by atomic mass is 19.2. The Balaban J connectivity index is 1.29. The lowest BCUT2D eigenvalue weighted by Gasteiger charge is -2.41. The zero-order valence-electron chi connectivity index (χ0n) is 60.6. The molecule has 7 amide bonds. The molecule has 0 radical (unpaired) electrons. The lowest BCUT2D eigenvalue weighted by Crippen LogP contribution is -2.54. The van der Waals surface area contributed by atoms with E-state index < -0.39 is 112 Å². The van der Waals surface area contributed by atoms with Crippen LogP contribution in [0.2, 0.25) is 0 Å². The average molecular weight is 1390 g/mol.